The third-order valence-electron chi connectivity index (χ3n) is 4.09. The van der Waals surface area contributed by atoms with Crippen LogP contribution in [0.25, 0.3) is 0 Å². The van der Waals surface area contributed by atoms with Gasteiger partial charge < -0.3 is 15.2 Å². The Hall–Kier alpha value is -0.160. The highest BCUT2D eigenvalue weighted by molar-refractivity contribution is 4.92. The Balaban J connectivity index is 1.95. The summed E-state index contributed by atoms with van der Waals surface area (Å²) in [5.41, 5.74) is 5.63. The van der Waals surface area contributed by atoms with Crippen LogP contribution in [0, 0.1) is 0 Å². The van der Waals surface area contributed by atoms with Gasteiger partial charge in [0.05, 0.1) is 19.3 Å². The van der Waals surface area contributed by atoms with Crippen LogP contribution in [-0.2, 0) is 9.47 Å². The minimum absolute atomic E-state index is 0.473. The van der Waals surface area contributed by atoms with Gasteiger partial charge in [0.1, 0.15) is 0 Å². The van der Waals surface area contributed by atoms with Gasteiger partial charge in [-0.05, 0) is 38.6 Å². The van der Waals surface area contributed by atoms with Gasteiger partial charge in [0, 0.05) is 25.7 Å². The van der Waals surface area contributed by atoms with Gasteiger partial charge in [-0.1, -0.05) is 0 Å². The highest BCUT2D eigenvalue weighted by Gasteiger charge is 2.38. The molecule has 2 rings (SSSR count). The van der Waals surface area contributed by atoms with Gasteiger partial charge in [-0.15, -0.1) is 0 Å². The number of ether oxygens (including phenoxy) is 2. The molecule has 3 unspecified atom stereocenters. The molecule has 17 heavy (non-hydrogen) atoms. The summed E-state index contributed by atoms with van der Waals surface area (Å²) < 4.78 is 11.2. The van der Waals surface area contributed by atoms with Gasteiger partial charge in [0.25, 0.3) is 0 Å². The van der Waals surface area contributed by atoms with Crippen LogP contribution >= 0.6 is 0 Å². The fourth-order valence-electron chi connectivity index (χ4n) is 3.30. The molecule has 2 N–H and O–H groups in total. The second kappa shape index (κ2) is 6.69. The number of methoxy groups -OCH3 is 1. The van der Waals surface area contributed by atoms with Crippen molar-refractivity contribution >= 4 is 0 Å². The molecule has 4 heteroatoms. The molecule has 0 spiro atoms. The van der Waals surface area contributed by atoms with Gasteiger partial charge in [0.2, 0.25) is 0 Å². The van der Waals surface area contributed by atoms with Crippen molar-refractivity contribution in [3.8, 4) is 0 Å². The fourth-order valence-corrected chi connectivity index (χ4v) is 3.30. The zero-order chi connectivity index (χ0) is 12.1. The zero-order valence-corrected chi connectivity index (χ0v) is 10.9. The van der Waals surface area contributed by atoms with Crippen molar-refractivity contribution in [1.82, 2.24) is 4.90 Å². The summed E-state index contributed by atoms with van der Waals surface area (Å²) in [4.78, 5) is 2.63. The molecule has 0 aromatic heterocycles. The lowest BCUT2D eigenvalue weighted by molar-refractivity contribution is -0.0826. The van der Waals surface area contributed by atoms with Crippen LogP contribution in [0.4, 0.5) is 0 Å². The topological polar surface area (TPSA) is 47.7 Å². The first-order valence-corrected chi connectivity index (χ1v) is 6.93. The van der Waals surface area contributed by atoms with Crippen LogP contribution in [-0.4, -0.2) is 56.5 Å². The first-order valence-electron chi connectivity index (χ1n) is 6.93. The van der Waals surface area contributed by atoms with Crippen LogP contribution in [0.2, 0.25) is 0 Å². The summed E-state index contributed by atoms with van der Waals surface area (Å²) in [5, 5.41) is 0. The minimum Gasteiger partial charge on any atom is -0.383 e. The second-order valence-corrected chi connectivity index (χ2v) is 5.19. The smallest absolute Gasteiger partial charge is 0.0731 e. The van der Waals surface area contributed by atoms with Crippen molar-refractivity contribution in [2.45, 2.75) is 50.3 Å². The van der Waals surface area contributed by atoms with E-state index in [4.69, 9.17) is 15.2 Å². The maximum atomic E-state index is 5.86. The van der Waals surface area contributed by atoms with E-state index in [1.54, 1.807) is 7.11 Å². The van der Waals surface area contributed by atoms with Gasteiger partial charge in [-0.25, -0.2) is 0 Å². The molecule has 2 fully saturated rings. The van der Waals surface area contributed by atoms with E-state index in [0.717, 1.165) is 39.1 Å². The van der Waals surface area contributed by atoms with Crippen LogP contribution in [0.3, 0.4) is 0 Å². The maximum absolute atomic E-state index is 5.86. The molecular formula is C13H26N2O2. The van der Waals surface area contributed by atoms with Gasteiger partial charge in [0.15, 0.2) is 0 Å². The number of fused-ring (bicyclic) bond motifs is 1. The van der Waals surface area contributed by atoms with E-state index in [2.05, 4.69) is 4.90 Å². The minimum atomic E-state index is 0.473. The predicted molar refractivity (Wildman–Crippen MR) is 68.0 cm³/mol. The normalized spacial score (nSPS) is 31.4. The predicted octanol–water partition coefficient (Wildman–Crippen LogP) is 0.994. The number of hydrogen-bond acceptors (Lipinski definition) is 4. The second-order valence-electron chi connectivity index (χ2n) is 5.19. The van der Waals surface area contributed by atoms with E-state index >= 15 is 0 Å². The SMILES string of the molecule is COCC(CCCN)N1CCOC2CCCC21. The summed E-state index contributed by atoms with van der Waals surface area (Å²) in [6.07, 6.45) is 6.53. The number of nitrogens with two attached hydrogens (primary N) is 1. The number of nitrogens with zero attached hydrogens (tertiary/aromatic N) is 1. The molecule has 1 aliphatic heterocycles. The lowest BCUT2D eigenvalue weighted by Gasteiger charge is -2.42. The van der Waals surface area contributed by atoms with Crippen molar-refractivity contribution in [1.29, 1.82) is 0 Å². The van der Waals surface area contributed by atoms with Crippen molar-refractivity contribution in [2.24, 2.45) is 5.73 Å². The summed E-state index contributed by atoms with van der Waals surface area (Å²) >= 11 is 0. The van der Waals surface area contributed by atoms with Crippen LogP contribution in [0.1, 0.15) is 32.1 Å². The summed E-state index contributed by atoms with van der Waals surface area (Å²) in [6.45, 7) is 3.53. The molecule has 0 aromatic rings. The average molecular weight is 242 g/mol. The first kappa shape index (κ1) is 13.3. The molecule has 0 bridgehead atoms. The fraction of sp³-hybridized carbons (Fsp3) is 1.00. The van der Waals surface area contributed by atoms with E-state index in [9.17, 15) is 0 Å². The molecule has 2 aliphatic rings. The molecule has 1 saturated carbocycles. The summed E-state index contributed by atoms with van der Waals surface area (Å²) in [6, 6.07) is 1.15. The molecular weight excluding hydrogens is 216 g/mol. The Kier molecular flexibility index (Phi) is 5.22. The summed E-state index contributed by atoms with van der Waals surface area (Å²) in [7, 11) is 1.79. The van der Waals surface area contributed by atoms with Crippen LogP contribution < -0.4 is 5.73 Å². The van der Waals surface area contributed by atoms with Gasteiger partial charge in [-0.2, -0.15) is 0 Å². The van der Waals surface area contributed by atoms with E-state index in [-0.39, 0.29) is 0 Å². The largest absolute Gasteiger partial charge is 0.383 e. The molecule has 1 heterocycles. The lowest BCUT2D eigenvalue weighted by atomic mass is 10.0. The van der Waals surface area contributed by atoms with E-state index in [1.807, 2.05) is 0 Å². The van der Waals surface area contributed by atoms with E-state index < -0.39 is 0 Å². The van der Waals surface area contributed by atoms with Crippen LogP contribution in [0.5, 0.6) is 0 Å². The van der Waals surface area contributed by atoms with Crippen LogP contribution in [0.15, 0.2) is 0 Å². The summed E-state index contributed by atoms with van der Waals surface area (Å²) in [5.74, 6) is 0. The Morgan fingerprint density at radius 1 is 1.47 bits per heavy atom. The zero-order valence-electron chi connectivity index (χ0n) is 10.9. The Morgan fingerprint density at radius 2 is 2.35 bits per heavy atom. The Morgan fingerprint density at radius 3 is 3.12 bits per heavy atom. The Labute approximate surface area is 104 Å². The molecule has 0 radical (unpaired) electrons. The van der Waals surface area contributed by atoms with E-state index in [0.29, 0.717) is 18.2 Å². The highest BCUT2D eigenvalue weighted by atomic mass is 16.5. The standard InChI is InChI=1S/C13H26N2O2/c1-16-10-11(4-3-7-14)15-8-9-17-13-6-2-5-12(13)15/h11-13H,2-10,14H2,1H3. The average Bonchev–Trinajstić information content (AvgIpc) is 2.82. The quantitative estimate of drug-likeness (QED) is 0.754. The third kappa shape index (κ3) is 3.19. The van der Waals surface area contributed by atoms with Gasteiger partial charge in [-0.3, -0.25) is 4.90 Å². The Bertz CT molecular complexity index is 225. The molecule has 4 nitrogen and oxygen atoms in total. The maximum Gasteiger partial charge on any atom is 0.0731 e. The molecule has 1 aliphatic carbocycles. The molecule has 3 atom stereocenters. The van der Waals surface area contributed by atoms with Crippen molar-refractivity contribution in [2.75, 3.05) is 33.4 Å². The third-order valence-corrected chi connectivity index (χ3v) is 4.09. The number of rotatable bonds is 6. The first-order chi connectivity index (χ1) is 8.36. The molecule has 1 saturated heterocycles. The van der Waals surface area contributed by atoms with E-state index in [1.165, 1.54) is 19.3 Å². The molecule has 0 amide bonds. The highest BCUT2D eigenvalue weighted by Crippen LogP contribution is 2.31. The number of hydrogen-bond donors (Lipinski definition) is 1. The number of morpholine rings is 1. The molecule has 0 aromatic carbocycles. The van der Waals surface area contributed by atoms with Gasteiger partial charge >= 0.3 is 0 Å². The monoisotopic (exact) mass is 242 g/mol. The van der Waals surface area contributed by atoms with Crippen molar-refractivity contribution < 1.29 is 9.47 Å². The van der Waals surface area contributed by atoms with Crippen molar-refractivity contribution in [3.05, 3.63) is 0 Å². The lowest BCUT2D eigenvalue weighted by Crippen LogP contribution is -2.54. The molecule has 100 valence electrons. The van der Waals surface area contributed by atoms with Crippen molar-refractivity contribution in [3.63, 3.8) is 0 Å².